The van der Waals surface area contributed by atoms with Crippen molar-refractivity contribution in [1.29, 1.82) is 0 Å². The second-order valence-electron chi connectivity index (χ2n) is 23.1. The Morgan fingerprint density at radius 1 is 0.560 bits per heavy atom. The zero-order valence-corrected chi connectivity index (χ0v) is 63.0. The Balaban J connectivity index is -0.000000228. The van der Waals surface area contributed by atoms with E-state index in [1.165, 1.54) is 0 Å². The summed E-state index contributed by atoms with van der Waals surface area (Å²) < 4.78 is 130. The molecule has 13 N–H and O–H groups in total. The van der Waals surface area contributed by atoms with Crippen LogP contribution in [0.5, 0.6) is 0 Å². The van der Waals surface area contributed by atoms with Crippen LogP contribution in [-0.4, -0.2) is 261 Å². The highest BCUT2D eigenvalue weighted by atomic mass is 35.5. The predicted octanol–water partition coefficient (Wildman–Crippen LogP) is 1.76. The lowest BCUT2D eigenvalue weighted by molar-refractivity contribution is -0.316. The largest absolute Gasteiger partial charge is 0.479 e. The molecule has 11 atom stereocenters. The van der Waals surface area contributed by atoms with Gasteiger partial charge in [-0.15, -0.1) is 37.2 Å². The van der Waals surface area contributed by atoms with E-state index in [0.29, 0.717) is 89.6 Å². The van der Waals surface area contributed by atoms with E-state index in [-0.39, 0.29) is 127 Å². The molecular formula is C60H115Cl3N4O31S2. The number of aliphatic carboxylic acids is 1. The maximum absolute atomic E-state index is 12.3. The summed E-state index contributed by atoms with van der Waals surface area (Å²) in [5.41, 5.74) is 13.5. The minimum absolute atomic E-state index is 0. The van der Waals surface area contributed by atoms with Crippen molar-refractivity contribution >= 4 is 105 Å². The number of hydrogen-bond acceptors (Lipinski definition) is 31. The van der Waals surface area contributed by atoms with Crippen LogP contribution in [-0.2, 0) is 120 Å². The number of methoxy groups -OCH3 is 1. The van der Waals surface area contributed by atoms with Crippen molar-refractivity contribution in [3.8, 4) is 0 Å². The van der Waals surface area contributed by atoms with Gasteiger partial charge >= 0.3 is 52.1 Å². The van der Waals surface area contributed by atoms with Crippen LogP contribution in [0.3, 0.4) is 0 Å². The predicted molar refractivity (Wildman–Crippen MR) is 369 cm³/mol. The maximum Gasteiger partial charge on any atom is 0.340 e. The van der Waals surface area contributed by atoms with E-state index in [1.807, 2.05) is 48.5 Å². The lowest BCUT2D eigenvalue weighted by atomic mass is 9.72. The number of carboxylic acid groups (broad SMARTS) is 1. The van der Waals surface area contributed by atoms with E-state index < -0.39 is 115 Å². The molecule has 0 saturated carbocycles. The number of carbonyl (C=O) groups excluding carboxylic acids is 7. The first kappa shape index (κ1) is 109. The fraction of sp³-hybridized carbons (Fsp3) is 0.800. The van der Waals surface area contributed by atoms with E-state index in [1.54, 1.807) is 46.3 Å². The average molecular weight is 1560 g/mol. The number of ether oxygens (including phenoxy) is 13. The fourth-order valence-electron chi connectivity index (χ4n) is 8.36. The summed E-state index contributed by atoms with van der Waals surface area (Å²) in [6, 6.07) is -1.85. The standard InChI is InChI=1S/2C16H31NO5.C13H21NO16S2.C8H14O3.C6H11NO2.CH4.3ClH/c2*1-6-16(5,14(19)22-11-10-20-7-2)12-15(3,4)13(18)21-9-8-17;1-27-12-4(14-32(24,25)26)5(15)9(3(28-12)2-31(21,22)23)29-13-8(18)6(16)7(17)10(30-13)11(19)20;1-4-10-5-6-11-8(9)7(2)3;1-5(2)6(8)9-4-3-7;;;;/h2*6-12,17H2,1-5H3;3-6,8-10,12-16,18H,2H2,1H3,(H,19,20)(H,21,22,23)(H,24,25,26);2,4-6H2,1,3H3;1,3-4,7H2,2H3;1H4;3*1H/t;;3?,4?,5-,6+,8?,9-,10?,12-,13-;;;;;;/m..1....../s1. The van der Waals surface area contributed by atoms with E-state index >= 15 is 0 Å². The molecule has 594 valence electrons. The Bertz CT molecular complexity index is 2580. The minimum atomic E-state index is -4.99. The Morgan fingerprint density at radius 2 is 0.910 bits per heavy atom. The molecule has 100 heavy (non-hydrogen) atoms. The molecule has 2 aliphatic rings. The average Bonchev–Trinajstić information content (AvgIpc) is 0.778. The maximum atomic E-state index is 12.3. The number of aliphatic hydroxyl groups is 3. The van der Waals surface area contributed by atoms with Crippen LogP contribution in [0.4, 0.5) is 0 Å². The van der Waals surface area contributed by atoms with Crippen LogP contribution < -0.4 is 21.9 Å². The molecule has 0 aromatic rings. The van der Waals surface area contributed by atoms with Crippen molar-refractivity contribution in [3.05, 3.63) is 24.3 Å². The molecule has 0 spiro atoms. The third-order valence-corrected chi connectivity index (χ3v) is 14.9. The van der Waals surface area contributed by atoms with Gasteiger partial charge in [0, 0.05) is 57.7 Å². The molecule has 35 nitrogen and oxygen atoms in total. The number of nitrogens with two attached hydrogens (primary N) is 3. The highest BCUT2D eigenvalue weighted by molar-refractivity contribution is 7.85. The zero-order chi connectivity index (χ0) is 75.0. The summed E-state index contributed by atoms with van der Waals surface area (Å²) in [6.45, 7) is 35.6. The van der Waals surface area contributed by atoms with Gasteiger partial charge in [-0.3, -0.25) is 33.1 Å². The summed E-state index contributed by atoms with van der Waals surface area (Å²) >= 11 is 0. The van der Waals surface area contributed by atoms with Crippen LogP contribution in [0.1, 0.15) is 123 Å². The highest BCUT2D eigenvalue weighted by Crippen LogP contribution is 2.40. The third-order valence-electron chi connectivity index (χ3n) is 13.6. The topological polar surface area (TPSA) is 536 Å². The monoisotopic (exact) mass is 1560 g/mol. The molecule has 0 radical (unpaired) electrons. The Kier molecular flexibility index (Phi) is 60.1. The summed E-state index contributed by atoms with van der Waals surface area (Å²) in [4.78, 5) is 93.0. The molecule has 0 aromatic carbocycles. The second kappa shape index (κ2) is 55.1. The SMILES string of the molecule is C.C=C(C)C(=O)OCCN.C=C(C)C(=O)OCCOCC.CCOCCOC(=O)C(C)(CC)CC(C)(C)C(=O)OCCN.CCOCCOC(=O)C(C)(CC)CC(C)(C)C(=O)OCCN.CO[C@@H]1OC(CS(=O)(=O)O)[C@@H](O[C@@H]2OC(C(=O)O)C(=O)[C@H](O)C2O)[C@H](O)C1NS(=O)(=O)O.Cl.Cl.Cl. The molecule has 0 aromatic heterocycles. The van der Waals surface area contributed by atoms with Gasteiger partial charge in [-0.25, -0.2) is 14.4 Å². The van der Waals surface area contributed by atoms with E-state index in [2.05, 4.69) is 17.9 Å². The van der Waals surface area contributed by atoms with Crippen LogP contribution >= 0.6 is 37.2 Å². The van der Waals surface area contributed by atoms with Gasteiger partial charge in [0.2, 0.25) is 11.9 Å². The molecule has 6 unspecified atom stereocenters. The van der Waals surface area contributed by atoms with Crippen molar-refractivity contribution in [2.24, 2.45) is 38.9 Å². The summed E-state index contributed by atoms with van der Waals surface area (Å²) in [7, 11) is -8.85. The van der Waals surface area contributed by atoms with Gasteiger partial charge in [0.1, 0.15) is 82.0 Å². The number of ketones is 1. The Hall–Kier alpha value is -4.43. The first-order valence-electron chi connectivity index (χ1n) is 30.6. The van der Waals surface area contributed by atoms with Crippen LogP contribution in [0.25, 0.3) is 0 Å². The number of halogens is 3. The number of rotatable bonds is 38. The zero-order valence-electron chi connectivity index (χ0n) is 58.9. The van der Waals surface area contributed by atoms with Gasteiger partial charge < -0.3 is 99.2 Å². The van der Waals surface area contributed by atoms with E-state index in [4.69, 9.17) is 88.3 Å². The van der Waals surface area contributed by atoms with Gasteiger partial charge in [0.15, 0.2) is 12.6 Å². The summed E-state index contributed by atoms with van der Waals surface area (Å²) in [5.74, 6) is -6.60. The molecule has 0 aliphatic carbocycles. The number of Topliss-reactive ketones (excluding diaryl/α,β-unsaturated/α-hetero) is 1. The first-order valence-corrected chi connectivity index (χ1v) is 33.6. The van der Waals surface area contributed by atoms with Crippen molar-refractivity contribution in [3.63, 3.8) is 0 Å². The lowest BCUT2D eigenvalue weighted by Gasteiger charge is -2.45. The molecule has 2 rings (SSSR count). The van der Waals surface area contributed by atoms with Crippen molar-refractivity contribution in [2.75, 3.05) is 112 Å². The highest BCUT2D eigenvalue weighted by Gasteiger charge is 2.54. The van der Waals surface area contributed by atoms with E-state index in [9.17, 15) is 70.5 Å². The molecule has 0 bridgehead atoms. The lowest BCUT2D eigenvalue weighted by Crippen LogP contribution is -2.67. The number of carbonyl (C=O) groups is 8. The number of aliphatic hydroxyl groups excluding tert-OH is 3. The second-order valence-corrected chi connectivity index (χ2v) is 25.8. The molecule has 0 amide bonds. The van der Waals surface area contributed by atoms with Crippen molar-refractivity contribution in [2.45, 2.75) is 178 Å². The van der Waals surface area contributed by atoms with Gasteiger partial charge in [-0.05, 0) is 102 Å². The van der Waals surface area contributed by atoms with Gasteiger partial charge in [0.05, 0.1) is 41.5 Å². The molecule has 2 saturated heterocycles. The molecule has 2 fully saturated rings. The van der Waals surface area contributed by atoms with Crippen LogP contribution in [0.2, 0.25) is 0 Å². The molecule has 2 aliphatic heterocycles. The number of hydrogen-bond donors (Lipinski definition) is 10. The number of nitrogens with one attached hydrogen (secondary N) is 1. The molecular weight excluding hydrogens is 1440 g/mol. The molecule has 40 heteroatoms. The first-order chi connectivity index (χ1) is 44.4. The van der Waals surface area contributed by atoms with Crippen molar-refractivity contribution < 1.29 is 146 Å². The summed E-state index contributed by atoms with van der Waals surface area (Å²) in [5, 5.41) is 39.4. The third kappa shape index (κ3) is 43.6. The molecule has 2 heterocycles. The quantitative estimate of drug-likeness (QED) is 0.0105. The normalized spacial score (nSPS) is 20.6. The smallest absolute Gasteiger partial charge is 0.340 e. The van der Waals surface area contributed by atoms with Gasteiger partial charge in [-0.2, -0.15) is 21.6 Å². The van der Waals surface area contributed by atoms with Crippen molar-refractivity contribution in [1.82, 2.24) is 4.72 Å². The van der Waals surface area contributed by atoms with Crippen LogP contribution in [0.15, 0.2) is 24.3 Å². The Morgan fingerprint density at radius 3 is 1.22 bits per heavy atom. The number of carboxylic acids is 1. The van der Waals surface area contributed by atoms with Crippen LogP contribution in [0, 0.1) is 21.7 Å². The fourth-order valence-corrected chi connectivity index (χ4v) is 9.64. The summed E-state index contributed by atoms with van der Waals surface area (Å²) in [6.07, 6.45) is -14.8. The van der Waals surface area contributed by atoms with Gasteiger partial charge in [-0.1, -0.05) is 34.4 Å². The Labute approximate surface area is 606 Å². The number of esters is 6. The minimum Gasteiger partial charge on any atom is -0.479 e. The van der Waals surface area contributed by atoms with E-state index in [0.717, 1.165) is 7.11 Å². The van der Waals surface area contributed by atoms with Gasteiger partial charge in [0.25, 0.3) is 10.1 Å².